The summed E-state index contributed by atoms with van der Waals surface area (Å²) in [6.45, 7) is 0. The second-order valence-electron chi connectivity index (χ2n) is 4.29. The van der Waals surface area contributed by atoms with Crippen LogP contribution in [0.5, 0.6) is 0 Å². The van der Waals surface area contributed by atoms with Crippen LogP contribution in [-0.2, 0) is 16.8 Å². The molecule has 1 saturated carbocycles. The molecule has 0 bridgehead atoms. The summed E-state index contributed by atoms with van der Waals surface area (Å²) < 4.78 is 0. The van der Waals surface area contributed by atoms with E-state index < -0.39 is 5.60 Å². The molecule has 0 amide bonds. The molecule has 14 heavy (non-hydrogen) atoms. The van der Waals surface area contributed by atoms with E-state index in [1.807, 2.05) is 24.3 Å². The molecule has 0 aromatic heterocycles. The Bertz CT molecular complexity index is 411. The van der Waals surface area contributed by atoms with Gasteiger partial charge in [-0.1, -0.05) is 24.3 Å². The van der Waals surface area contributed by atoms with Gasteiger partial charge in [0.05, 0.1) is 0 Å². The van der Waals surface area contributed by atoms with Crippen LogP contribution in [0, 0.1) is 5.92 Å². The van der Waals surface area contributed by atoms with Gasteiger partial charge in [-0.15, -0.1) is 0 Å². The molecule has 0 saturated heterocycles. The summed E-state index contributed by atoms with van der Waals surface area (Å²) in [4.78, 5) is 11.7. The fraction of sp³-hybridized carbons (Fsp3) is 0.417. The first-order chi connectivity index (χ1) is 6.73. The van der Waals surface area contributed by atoms with Crippen LogP contribution in [0.15, 0.2) is 24.3 Å². The maximum atomic E-state index is 11.7. The number of fused-ring (bicyclic) bond motifs is 3. The van der Waals surface area contributed by atoms with Crippen LogP contribution < -0.4 is 0 Å². The number of Topliss-reactive ketones (excluding diaryl/α,β-unsaturated/α-hetero) is 1. The van der Waals surface area contributed by atoms with Crippen LogP contribution in [0.3, 0.4) is 0 Å². The zero-order valence-electron chi connectivity index (χ0n) is 7.86. The summed E-state index contributed by atoms with van der Waals surface area (Å²) >= 11 is 0. The molecule has 1 N–H and O–H groups in total. The number of benzene rings is 1. The number of hydrogen-bond donors (Lipinski definition) is 1. The third-order valence-electron chi connectivity index (χ3n) is 3.63. The Hall–Kier alpha value is -1.15. The maximum absolute atomic E-state index is 11.7. The molecule has 0 spiro atoms. The molecule has 2 unspecified atom stereocenters. The lowest BCUT2D eigenvalue weighted by atomic mass is 9.90. The highest BCUT2D eigenvalue weighted by Gasteiger charge is 2.54. The Morgan fingerprint density at radius 2 is 2.14 bits per heavy atom. The van der Waals surface area contributed by atoms with Crippen LogP contribution in [0.25, 0.3) is 0 Å². The highest BCUT2D eigenvalue weighted by molar-refractivity contribution is 5.92. The highest BCUT2D eigenvalue weighted by Crippen LogP contribution is 2.49. The predicted molar refractivity (Wildman–Crippen MR) is 51.8 cm³/mol. The van der Waals surface area contributed by atoms with Gasteiger partial charge in [-0.05, 0) is 24.0 Å². The minimum Gasteiger partial charge on any atom is -0.377 e. The fourth-order valence-corrected chi connectivity index (χ4v) is 2.89. The molecule has 1 aromatic carbocycles. The van der Waals surface area contributed by atoms with Crippen LogP contribution in [0.2, 0.25) is 0 Å². The summed E-state index contributed by atoms with van der Waals surface area (Å²) in [5.41, 5.74) is 0.858. The van der Waals surface area contributed by atoms with Crippen molar-refractivity contribution in [3.63, 3.8) is 0 Å². The first-order valence-corrected chi connectivity index (χ1v) is 5.07. The van der Waals surface area contributed by atoms with Gasteiger partial charge < -0.3 is 5.11 Å². The van der Waals surface area contributed by atoms with Gasteiger partial charge in [0.15, 0.2) is 11.4 Å². The highest BCUT2D eigenvalue weighted by atomic mass is 16.3. The van der Waals surface area contributed by atoms with E-state index >= 15 is 0 Å². The van der Waals surface area contributed by atoms with Gasteiger partial charge in [0.25, 0.3) is 0 Å². The summed E-state index contributed by atoms with van der Waals surface area (Å²) in [6.07, 6.45) is 2.23. The average Bonchev–Trinajstić information content (AvgIpc) is 2.63. The van der Waals surface area contributed by atoms with Gasteiger partial charge in [-0.3, -0.25) is 4.79 Å². The summed E-state index contributed by atoms with van der Waals surface area (Å²) in [7, 11) is 0. The van der Waals surface area contributed by atoms with E-state index in [1.165, 1.54) is 0 Å². The largest absolute Gasteiger partial charge is 0.377 e. The number of hydrogen-bond acceptors (Lipinski definition) is 2. The average molecular weight is 188 g/mol. The fourth-order valence-electron chi connectivity index (χ4n) is 2.89. The Morgan fingerprint density at radius 1 is 1.36 bits per heavy atom. The van der Waals surface area contributed by atoms with Crippen molar-refractivity contribution >= 4 is 5.78 Å². The second kappa shape index (κ2) is 2.45. The van der Waals surface area contributed by atoms with Crippen molar-refractivity contribution in [3.05, 3.63) is 35.4 Å². The number of carbonyl (C=O) groups is 1. The van der Waals surface area contributed by atoms with E-state index in [0.29, 0.717) is 6.42 Å². The monoisotopic (exact) mass is 188 g/mol. The normalized spacial score (nSPS) is 34.4. The van der Waals surface area contributed by atoms with Gasteiger partial charge in [0.2, 0.25) is 0 Å². The lowest BCUT2D eigenvalue weighted by Gasteiger charge is -2.21. The van der Waals surface area contributed by atoms with E-state index in [1.54, 1.807) is 0 Å². The van der Waals surface area contributed by atoms with Crippen molar-refractivity contribution in [3.8, 4) is 0 Å². The quantitative estimate of drug-likeness (QED) is 0.668. The molecule has 1 fully saturated rings. The van der Waals surface area contributed by atoms with E-state index in [9.17, 15) is 9.90 Å². The number of rotatable bonds is 0. The molecule has 72 valence electrons. The van der Waals surface area contributed by atoms with Crippen LogP contribution >= 0.6 is 0 Å². The van der Waals surface area contributed by atoms with Crippen molar-refractivity contribution in [2.75, 3.05) is 0 Å². The zero-order chi connectivity index (χ0) is 9.76. The van der Waals surface area contributed by atoms with E-state index in [2.05, 4.69) is 0 Å². The Labute approximate surface area is 82.6 Å². The molecular weight excluding hydrogens is 176 g/mol. The molecule has 0 heterocycles. The minimum absolute atomic E-state index is 0.00690. The lowest BCUT2D eigenvalue weighted by molar-refractivity contribution is -0.136. The molecule has 2 aliphatic carbocycles. The minimum atomic E-state index is -1.14. The molecule has 3 rings (SSSR count). The van der Waals surface area contributed by atoms with Gasteiger partial charge in [-0.25, -0.2) is 0 Å². The predicted octanol–water partition coefficient (Wildman–Crippen LogP) is 1.41. The molecule has 1 aromatic rings. The molecule has 2 aliphatic rings. The number of aliphatic hydroxyl groups is 1. The summed E-state index contributed by atoms with van der Waals surface area (Å²) in [5.74, 6) is 0.139. The number of carbonyl (C=O) groups excluding carboxylic acids is 1. The van der Waals surface area contributed by atoms with Crippen molar-refractivity contribution < 1.29 is 9.90 Å². The first kappa shape index (κ1) is 8.18. The lowest BCUT2D eigenvalue weighted by Crippen LogP contribution is -2.33. The molecule has 2 nitrogen and oxygen atoms in total. The zero-order valence-corrected chi connectivity index (χ0v) is 7.86. The molecule has 2 atom stereocenters. The molecule has 2 heteroatoms. The smallest absolute Gasteiger partial charge is 0.169 e. The van der Waals surface area contributed by atoms with E-state index in [-0.39, 0.29) is 11.7 Å². The van der Waals surface area contributed by atoms with Crippen molar-refractivity contribution in [2.24, 2.45) is 5.92 Å². The summed E-state index contributed by atoms with van der Waals surface area (Å²) in [5, 5.41) is 10.4. The van der Waals surface area contributed by atoms with Gasteiger partial charge in [0, 0.05) is 12.3 Å². The first-order valence-electron chi connectivity index (χ1n) is 5.07. The van der Waals surface area contributed by atoms with Crippen molar-refractivity contribution in [1.29, 1.82) is 0 Å². The van der Waals surface area contributed by atoms with Crippen molar-refractivity contribution in [2.45, 2.75) is 24.9 Å². The number of ketones is 1. The molecule has 0 radical (unpaired) electrons. The third-order valence-corrected chi connectivity index (χ3v) is 3.63. The topological polar surface area (TPSA) is 37.3 Å². The van der Waals surface area contributed by atoms with Crippen molar-refractivity contribution in [1.82, 2.24) is 0 Å². The third kappa shape index (κ3) is 0.775. The van der Waals surface area contributed by atoms with E-state index in [0.717, 1.165) is 24.0 Å². The molecular formula is C12H12O2. The second-order valence-corrected chi connectivity index (χ2v) is 4.29. The Kier molecular flexibility index (Phi) is 1.43. The maximum Gasteiger partial charge on any atom is 0.169 e. The van der Waals surface area contributed by atoms with Gasteiger partial charge in [-0.2, -0.15) is 0 Å². The van der Waals surface area contributed by atoms with Gasteiger partial charge >= 0.3 is 0 Å². The Morgan fingerprint density at radius 3 is 3.00 bits per heavy atom. The standard InChI is InChI=1S/C12H12O2/c13-11-6-5-9-7-8-3-1-2-4-10(8)12(9,11)14/h1-4,9,14H,5-7H2. The summed E-state index contributed by atoms with van der Waals surface area (Å²) in [6, 6.07) is 7.76. The van der Waals surface area contributed by atoms with Crippen LogP contribution in [-0.4, -0.2) is 10.9 Å². The SMILES string of the molecule is O=C1CCC2Cc3ccccc3C12O. The van der Waals surface area contributed by atoms with Gasteiger partial charge in [0.1, 0.15) is 0 Å². The van der Waals surface area contributed by atoms with E-state index in [4.69, 9.17) is 0 Å². The van der Waals surface area contributed by atoms with Crippen LogP contribution in [0.4, 0.5) is 0 Å². The van der Waals surface area contributed by atoms with Crippen LogP contribution in [0.1, 0.15) is 24.0 Å². The Balaban J connectivity index is 2.22. The molecule has 0 aliphatic heterocycles.